The Balaban J connectivity index is 2.07. The molecular formula is C69H103N13O34S2. The molecule has 0 bridgehead atoms. The molecule has 0 aliphatic heterocycles. The molecule has 660 valence electrons. The maximum absolute atomic E-state index is 14.8. The first kappa shape index (κ1) is 103. The smallest absolute Gasteiger partial charge is 0.327 e. The number of aliphatic hydroxyl groups excluding tert-OH is 15. The van der Waals surface area contributed by atoms with Crippen molar-refractivity contribution >= 4 is 127 Å². The molecule has 0 aliphatic carbocycles. The number of carbonyl (C=O) groups excluding carboxylic acids is 10. The number of aromatic nitrogens is 4. The molecule has 0 radical (unpaired) electrons. The van der Waals surface area contributed by atoms with Crippen molar-refractivity contribution in [2.24, 2.45) is 17.8 Å². The summed E-state index contributed by atoms with van der Waals surface area (Å²) in [6, 6.07) is -2.06. The third-order valence-electron chi connectivity index (χ3n) is 18.2. The minimum atomic E-state index is -2.22. The molecule has 49 heteroatoms. The van der Waals surface area contributed by atoms with Gasteiger partial charge in [0.15, 0.2) is 22.7 Å². The van der Waals surface area contributed by atoms with E-state index in [4.69, 9.17) is 10.8 Å². The number of fused-ring (bicyclic) bond motifs is 1. The van der Waals surface area contributed by atoms with Crippen molar-refractivity contribution in [1.29, 1.82) is 0 Å². The first-order chi connectivity index (χ1) is 55.5. The number of Topliss-reactive ketones (excluding diaryl/α,β-unsaturated/α-hetero) is 3. The predicted octanol–water partition coefficient (Wildman–Crippen LogP) is -10.1. The summed E-state index contributed by atoms with van der Waals surface area (Å²) in [6.45, 7) is -5.81. The molecule has 3 rings (SSSR count). The van der Waals surface area contributed by atoms with Crippen molar-refractivity contribution < 1.29 is 164 Å². The van der Waals surface area contributed by atoms with Gasteiger partial charge in [-0.25, -0.2) is 19.6 Å². The number of aliphatic carboxylic acids is 4. The molecule has 0 saturated carbocycles. The summed E-state index contributed by atoms with van der Waals surface area (Å²) in [4.78, 5) is 216. The Bertz CT molecular complexity index is 3910. The van der Waals surface area contributed by atoms with Crippen LogP contribution in [0.4, 0.5) is 11.6 Å². The lowest BCUT2D eigenvalue weighted by atomic mass is 9.89. The second-order valence-corrected chi connectivity index (χ2v) is 29.9. The third-order valence-corrected chi connectivity index (χ3v) is 20.1. The number of benzene rings is 1. The fraction of sp³-hybridized carbons (Fsp3) is 0.623. The average Bonchev–Trinajstić information content (AvgIpc) is 0.809. The van der Waals surface area contributed by atoms with Crippen LogP contribution in [0.2, 0.25) is 0 Å². The lowest BCUT2D eigenvalue weighted by Gasteiger charge is -2.26. The van der Waals surface area contributed by atoms with Gasteiger partial charge in [0.2, 0.25) is 41.4 Å². The summed E-state index contributed by atoms with van der Waals surface area (Å²) in [6.07, 6.45) is -34.8. The molecule has 2 aromatic heterocycles. The van der Waals surface area contributed by atoms with E-state index in [-0.39, 0.29) is 35.0 Å². The molecule has 47 nitrogen and oxygen atoms in total. The number of rotatable bonds is 60. The van der Waals surface area contributed by atoms with Crippen LogP contribution in [0.3, 0.4) is 0 Å². The number of nitrogens with two attached hydrogens (primary N) is 1. The van der Waals surface area contributed by atoms with E-state index >= 15 is 0 Å². The number of amides is 7. The van der Waals surface area contributed by atoms with Gasteiger partial charge in [-0.2, -0.15) is 4.98 Å². The van der Waals surface area contributed by atoms with Crippen molar-refractivity contribution in [3.63, 3.8) is 0 Å². The molecule has 0 aliphatic rings. The Labute approximate surface area is 678 Å². The summed E-state index contributed by atoms with van der Waals surface area (Å²) in [5.74, 6) is -23.8. The van der Waals surface area contributed by atoms with Gasteiger partial charge in [-0.15, -0.1) is 0 Å². The maximum Gasteiger partial charge on any atom is 0.327 e. The number of carbonyl (C=O) groups is 14. The third kappa shape index (κ3) is 35.9. The quantitative estimate of drug-likeness (QED) is 0.0233. The summed E-state index contributed by atoms with van der Waals surface area (Å²) in [7, 11) is 2.07. The van der Waals surface area contributed by atoms with Crippen LogP contribution in [0, 0.1) is 17.8 Å². The van der Waals surface area contributed by atoms with E-state index in [2.05, 4.69) is 62.5 Å². The molecule has 118 heavy (non-hydrogen) atoms. The van der Waals surface area contributed by atoms with E-state index in [0.29, 0.717) is 11.4 Å². The monoisotopic (exact) mass is 1720 g/mol. The number of H-pyrrole nitrogens is 1. The van der Waals surface area contributed by atoms with E-state index in [1.54, 1.807) is 6.26 Å². The largest absolute Gasteiger partial charge is 0.481 e. The van der Waals surface area contributed by atoms with Crippen molar-refractivity contribution in [3.8, 4) is 0 Å². The van der Waals surface area contributed by atoms with Gasteiger partial charge in [0.25, 0.3) is 11.5 Å². The minimum Gasteiger partial charge on any atom is -0.481 e. The zero-order valence-corrected chi connectivity index (χ0v) is 65.1. The summed E-state index contributed by atoms with van der Waals surface area (Å²) in [5, 5.41) is 208. The molecule has 3 aromatic rings. The number of nitrogens with zero attached hydrogens (tertiary/aromatic N) is 3. The fourth-order valence-corrected chi connectivity index (χ4v) is 12.5. The van der Waals surface area contributed by atoms with Gasteiger partial charge in [0.1, 0.15) is 72.8 Å². The molecule has 2 heterocycles. The first-order valence-electron chi connectivity index (χ1n) is 36.5. The second-order valence-electron chi connectivity index (χ2n) is 27.3. The Morgan fingerprint density at radius 3 is 1.23 bits per heavy atom. The Hall–Kier alpha value is -9.68. The van der Waals surface area contributed by atoms with Crippen LogP contribution < -0.4 is 53.8 Å². The number of carboxylic acids is 4. The number of aromatic amines is 1. The van der Waals surface area contributed by atoms with Crippen LogP contribution in [0.1, 0.15) is 112 Å². The molecule has 1 aromatic carbocycles. The van der Waals surface area contributed by atoms with Crippen LogP contribution in [-0.4, -0.2) is 348 Å². The molecule has 0 spiro atoms. The van der Waals surface area contributed by atoms with Gasteiger partial charge in [-0.3, -0.25) is 67.3 Å². The van der Waals surface area contributed by atoms with Crippen LogP contribution in [0.15, 0.2) is 35.3 Å². The van der Waals surface area contributed by atoms with Crippen LogP contribution in [-0.2, 0) is 68.9 Å². The topological polar surface area (TPSA) is 817 Å². The second kappa shape index (κ2) is 52.3. The van der Waals surface area contributed by atoms with Gasteiger partial charge in [0, 0.05) is 112 Å². The summed E-state index contributed by atoms with van der Waals surface area (Å²) in [5.41, 5.74) is 5.44. The van der Waals surface area contributed by atoms with Gasteiger partial charge in [-0.05, 0) is 69.0 Å². The fourth-order valence-electron chi connectivity index (χ4n) is 11.1. The highest BCUT2D eigenvalue weighted by Gasteiger charge is 2.38. The van der Waals surface area contributed by atoms with Gasteiger partial charge in [-0.1, -0.05) is 21.6 Å². The van der Waals surface area contributed by atoms with Gasteiger partial charge in [0.05, 0.1) is 68.7 Å². The zero-order valence-electron chi connectivity index (χ0n) is 63.5. The highest BCUT2D eigenvalue weighted by molar-refractivity contribution is 8.76. The molecule has 0 saturated heterocycles. The van der Waals surface area contributed by atoms with E-state index in [1.165, 1.54) is 30.5 Å². The lowest BCUT2D eigenvalue weighted by molar-refractivity contribution is -0.142. The number of anilines is 2. The predicted molar refractivity (Wildman–Crippen MR) is 407 cm³/mol. The molecule has 19 atom stereocenters. The average molecular weight is 1720 g/mol. The van der Waals surface area contributed by atoms with Crippen molar-refractivity contribution in [2.75, 3.05) is 62.5 Å². The lowest BCUT2D eigenvalue weighted by Crippen LogP contribution is -2.50. The normalized spacial score (nSPS) is 16.3. The highest BCUT2D eigenvalue weighted by Crippen LogP contribution is 2.24. The van der Waals surface area contributed by atoms with Gasteiger partial charge >= 0.3 is 23.9 Å². The van der Waals surface area contributed by atoms with E-state index in [1.807, 2.05) is 0 Å². The minimum absolute atomic E-state index is 0.0104. The SMILES string of the molecule is CSSC[C@@H](NC(=O)[C@H](CCC(=O)NC[C@H](O)[C@@H](O)[C@H](O)[C@H](O)CO)CC(=O)[C@@H](CCC(=O)O)NC(=O)[C@H](CCC(=O)NC[C@H](O)[C@@H](O)[C@H](O)[C@H](O)CO)CC(=O)[C@@H](CCC(=O)O)NC(=O)[C@H](CCC(=O)NC[C@H](O)[C@@H](O)[C@H](O)[C@H](O)CO)CC(=O)CC[C@@H](NC(=O)c1ccc(NCc2cnc3nc(N)[nH]c(=O)c3n2)cc1)C(=O)O)C(=O)O. The van der Waals surface area contributed by atoms with Gasteiger partial charge < -0.3 is 145 Å². The Kier molecular flexibility index (Phi) is 45.4. The van der Waals surface area contributed by atoms with E-state index in [0.717, 1.165) is 21.6 Å². The number of carboxylic acid groups (broad SMARTS) is 4. The van der Waals surface area contributed by atoms with E-state index < -0.39 is 339 Å². The van der Waals surface area contributed by atoms with Crippen molar-refractivity contribution in [1.82, 2.24) is 57.2 Å². The first-order valence-corrected chi connectivity index (χ1v) is 39.3. The Morgan fingerprint density at radius 2 is 0.847 bits per heavy atom. The zero-order chi connectivity index (χ0) is 88.8. The number of ketones is 3. The molecule has 30 N–H and O–H groups in total. The van der Waals surface area contributed by atoms with Crippen molar-refractivity contribution in [2.45, 2.75) is 200 Å². The summed E-state index contributed by atoms with van der Waals surface area (Å²) >= 11 is 0. The highest BCUT2D eigenvalue weighted by atomic mass is 33.1. The summed E-state index contributed by atoms with van der Waals surface area (Å²) < 4.78 is 0. The van der Waals surface area contributed by atoms with Crippen LogP contribution in [0.5, 0.6) is 0 Å². The van der Waals surface area contributed by atoms with Crippen LogP contribution in [0.25, 0.3) is 11.2 Å². The number of nitrogens with one attached hydrogen (secondary N) is 9. The Morgan fingerprint density at radius 1 is 0.466 bits per heavy atom. The van der Waals surface area contributed by atoms with Crippen molar-refractivity contribution in [3.05, 3.63) is 52.1 Å². The number of hydrogen-bond donors (Lipinski definition) is 29. The van der Waals surface area contributed by atoms with Crippen LogP contribution >= 0.6 is 21.6 Å². The molecule has 0 unspecified atom stereocenters. The maximum atomic E-state index is 14.8. The number of nitrogen functional groups attached to an aromatic ring is 1. The molecule has 0 fully saturated rings. The van der Waals surface area contributed by atoms with E-state index in [9.17, 15) is 164 Å². The molecular weight excluding hydrogens is 1620 g/mol. The number of aliphatic hydroxyl groups is 15. The molecule has 7 amide bonds. The standard InChI is InChI=1S/C69H103N13O34S2/c1-117-118-29-40(68(115)116)80-65(111)33(6-15-51(97)74-25-45(91)57(104)60(107)48(94)28-85)20-42(88)38(12-17-53(100)101)78-64(110)32(5-14-50(96)73-24-44(90)56(103)59(106)47(93)27-84)19-41(87)37(11-16-52(98)99)77-63(109)31(4-13-49(95)72-23-43(89)55(102)58(105)46(92)26-83)18-36(86)9-10-39(67(113)114)79-62(108)30-2-7-34(8-3-30)71-21-35-22-75-61-54(76-35)66(112)82-69(70)81-61/h2-3,7-8,22,31-33,37-40,43-48,55-60,71,83-85,89-94,102-107H,4-6,9-21,23-29H2,1H3,(H,72,95)(H,73,96)(H,74,97)(H,77,109)(H,78,110)(H,79,108)(H,80,111)(H,98,99)(H,100,101)(H,113,114)(H,115,116)(H3,70,75,81,82,112)/t31-,32-,33-,37-,38-,39-,40-,43+,44+,45+,46-,47-,48-,55-,56-,57-,58-,59-,60-/m1/s1. The number of hydrogen-bond acceptors (Lipinski definition) is 37.